The van der Waals surface area contributed by atoms with Gasteiger partial charge in [0, 0.05) is 10.3 Å². The molecule has 1 rings (SSSR count). The number of halogens is 1. The van der Waals surface area contributed by atoms with E-state index in [1.54, 1.807) is 0 Å². The lowest BCUT2D eigenvalue weighted by Gasteiger charge is -2.37. The van der Waals surface area contributed by atoms with Crippen LogP contribution in [-0.2, 0) is 9.59 Å². The first-order valence-corrected chi connectivity index (χ1v) is 8.03. The SMILES string of the molecule is CC1CCC(C(=O)NCC(=O)O)C(C(C)CI)C1. The zero-order chi connectivity index (χ0) is 13.7. The molecule has 0 saturated heterocycles. The molecule has 0 spiro atoms. The summed E-state index contributed by atoms with van der Waals surface area (Å²) in [5, 5.41) is 11.1. The molecular formula is C13H22INO3. The van der Waals surface area contributed by atoms with Crippen LogP contribution in [0.4, 0.5) is 0 Å². The number of aliphatic carboxylic acids is 1. The molecule has 0 aromatic rings. The Balaban J connectivity index is 2.64. The van der Waals surface area contributed by atoms with E-state index in [0.29, 0.717) is 17.8 Å². The summed E-state index contributed by atoms with van der Waals surface area (Å²) in [6, 6.07) is 0. The normalized spacial score (nSPS) is 29.6. The minimum absolute atomic E-state index is 0.00897. The number of carbonyl (C=O) groups is 2. The van der Waals surface area contributed by atoms with Crippen LogP contribution in [0.5, 0.6) is 0 Å². The summed E-state index contributed by atoms with van der Waals surface area (Å²) in [6.45, 7) is 4.15. The Bertz CT molecular complexity index is 309. The predicted molar refractivity (Wildman–Crippen MR) is 78.7 cm³/mol. The summed E-state index contributed by atoms with van der Waals surface area (Å²) in [4.78, 5) is 22.6. The molecule has 1 fully saturated rings. The van der Waals surface area contributed by atoms with E-state index in [-0.39, 0.29) is 18.4 Å². The van der Waals surface area contributed by atoms with Crippen molar-refractivity contribution in [2.45, 2.75) is 33.1 Å². The van der Waals surface area contributed by atoms with Crippen molar-refractivity contribution in [3.8, 4) is 0 Å². The fourth-order valence-corrected chi connectivity index (χ4v) is 3.44. The van der Waals surface area contributed by atoms with Crippen molar-refractivity contribution in [2.75, 3.05) is 11.0 Å². The van der Waals surface area contributed by atoms with Crippen molar-refractivity contribution in [3.05, 3.63) is 0 Å². The van der Waals surface area contributed by atoms with E-state index in [1.165, 1.54) is 0 Å². The van der Waals surface area contributed by atoms with Crippen molar-refractivity contribution in [1.82, 2.24) is 5.32 Å². The standard InChI is InChI=1S/C13H22INO3/c1-8-3-4-10(11(5-8)9(2)6-14)13(18)15-7-12(16)17/h8-11H,3-7H2,1-2H3,(H,15,18)(H,16,17). The number of rotatable bonds is 5. The Labute approximate surface area is 122 Å². The minimum atomic E-state index is -0.981. The molecule has 18 heavy (non-hydrogen) atoms. The molecule has 1 amide bonds. The van der Waals surface area contributed by atoms with Gasteiger partial charge in [-0.15, -0.1) is 0 Å². The zero-order valence-electron chi connectivity index (χ0n) is 11.0. The summed E-state index contributed by atoms with van der Waals surface area (Å²) in [5.41, 5.74) is 0. The van der Waals surface area contributed by atoms with Gasteiger partial charge in [0.15, 0.2) is 0 Å². The largest absolute Gasteiger partial charge is 0.480 e. The molecule has 4 atom stereocenters. The Morgan fingerprint density at radius 3 is 2.67 bits per heavy atom. The number of hydrogen-bond acceptors (Lipinski definition) is 2. The van der Waals surface area contributed by atoms with E-state index in [0.717, 1.165) is 23.7 Å². The van der Waals surface area contributed by atoms with E-state index in [1.807, 2.05) is 0 Å². The van der Waals surface area contributed by atoms with Crippen molar-refractivity contribution >= 4 is 34.5 Å². The van der Waals surface area contributed by atoms with Crippen molar-refractivity contribution < 1.29 is 14.7 Å². The number of alkyl halides is 1. The van der Waals surface area contributed by atoms with Crippen LogP contribution >= 0.6 is 22.6 Å². The van der Waals surface area contributed by atoms with Gasteiger partial charge in [0.2, 0.25) is 5.91 Å². The second kappa shape index (κ2) is 7.31. The molecule has 0 heterocycles. The van der Waals surface area contributed by atoms with Crippen LogP contribution in [0.2, 0.25) is 0 Å². The first-order valence-electron chi connectivity index (χ1n) is 6.51. The Morgan fingerprint density at radius 2 is 2.11 bits per heavy atom. The fraction of sp³-hybridized carbons (Fsp3) is 0.846. The average Bonchev–Trinajstić information content (AvgIpc) is 2.34. The van der Waals surface area contributed by atoms with Gasteiger partial charge in [-0.3, -0.25) is 9.59 Å². The second-order valence-electron chi connectivity index (χ2n) is 5.43. The van der Waals surface area contributed by atoms with Crippen LogP contribution in [0.25, 0.3) is 0 Å². The summed E-state index contributed by atoms with van der Waals surface area (Å²) >= 11 is 2.36. The number of carboxylic acid groups (broad SMARTS) is 1. The van der Waals surface area contributed by atoms with Gasteiger partial charge in [-0.05, 0) is 37.0 Å². The van der Waals surface area contributed by atoms with E-state index < -0.39 is 5.97 Å². The Kier molecular flexibility index (Phi) is 6.38. The van der Waals surface area contributed by atoms with Crippen LogP contribution in [0.15, 0.2) is 0 Å². The maximum Gasteiger partial charge on any atom is 0.322 e. The highest BCUT2D eigenvalue weighted by Crippen LogP contribution is 2.38. The highest BCUT2D eigenvalue weighted by molar-refractivity contribution is 14.1. The first-order chi connectivity index (χ1) is 8.45. The molecule has 4 unspecified atom stereocenters. The van der Waals surface area contributed by atoms with Gasteiger partial charge >= 0.3 is 5.97 Å². The molecule has 0 radical (unpaired) electrons. The van der Waals surface area contributed by atoms with Crippen LogP contribution in [0, 0.1) is 23.7 Å². The fourth-order valence-electron chi connectivity index (χ4n) is 2.79. The van der Waals surface area contributed by atoms with Crippen LogP contribution in [0.3, 0.4) is 0 Å². The summed E-state index contributed by atoms with van der Waals surface area (Å²) < 4.78 is 1.04. The highest BCUT2D eigenvalue weighted by atomic mass is 127. The van der Waals surface area contributed by atoms with Gasteiger partial charge in [0.05, 0.1) is 0 Å². The number of carbonyl (C=O) groups excluding carboxylic acids is 1. The Hall–Kier alpha value is -0.330. The third-order valence-corrected chi connectivity index (χ3v) is 5.28. The van der Waals surface area contributed by atoms with Crippen molar-refractivity contribution in [1.29, 1.82) is 0 Å². The summed E-state index contributed by atoms with van der Waals surface area (Å²) in [6.07, 6.45) is 3.03. The zero-order valence-corrected chi connectivity index (χ0v) is 13.1. The molecular weight excluding hydrogens is 345 g/mol. The van der Waals surface area contributed by atoms with Gasteiger partial charge in [-0.2, -0.15) is 0 Å². The summed E-state index contributed by atoms with van der Waals surface area (Å²) in [7, 11) is 0. The van der Waals surface area contributed by atoms with Gasteiger partial charge in [0.1, 0.15) is 6.54 Å². The van der Waals surface area contributed by atoms with Crippen LogP contribution in [-0.4, -0.2) is 28.0 Å². The molecule has 0 aliphatic heterocycles. The number of hydrogen-bond donors (Lipinski definition) is 2. The van der Waals surface area contributed by atoms with Gasteiger partial charge < -0.3 is 10.4 Å². The van der Waals surface area contributed by atoms with Crippen molar-refractivity contribution in [2.24, 2.45) is 23.7 Å². The molecule has 1 aliphatic rings. The van der Waals surface area contributed by atoms with E-state index >= 15 is 0 Å². The maximum atomic E-state index is 12.1. The van der Waals surface area contributed by atoms with E-state index in [9.17, 15) is 9.59 Å². The molecule has 0 aromatic heterocycles. The molecule has 104 valence electrons. The number of amides is 1. The lowest BCUT2D eigenvalue weighted by Crippen LogP contribution is -2.42. The minimum Gasteiger partial charge on any atom is -0.480 e. The second-order valence-corrected chi connectivity index (χ2v) is 6.31. The predicted octanol–water partition coefficient (Wildman–Crippen LogP) is 2.31. The van der Waals surface area contributed by atoms with Crippen molar-refractivity contribution in [3.63, 3.8) is 0 Å². The van der Waals surface area contributed by atoms with Gasteiger partial charge in [-0.25, -0.2) is 0 Å². The van der Waals surface area contributed by atoms with Crippen LogP contribution < -0.4 is 5.32 Å². The molecule has 2 N–H and O–H groups in total. The van der Waals surface area contributed by atoms with Crippen LogP contribution in [0.1, 0.15) is 33.1 Å². The lowest BCUT2D eigenvalue weighted by atomic mass is 9.69. The third-order valence-electron chi connectivity index (χ3n) is 3.89. The molecule has 1 aliphatic carbocycles. The van der Waals surface area contributed by atoms with E-state index in [4.69, 9.17) is 5.11 Å². The lowest BCUT2D eigenvalue weighted by molar-refractivity contribution is -0.139. The van der Waals surface area contributed by atoms with E-state index in [2.05, 4.69) is 41.8 Å². The quantitative estimate of drug-likeness (QED) is 0.579. The molecule has 5 heteroatoms. The number of nitrogens with one attached hydrogen (secondary N) is 1. The van der Waals surface area contributed by atoms with Gasteiger partial charge in [0.25, 0.3) is 0 Å². The first kappa shape index (κ1) is 15.7. The monoisotopic (exact) mass is 367 g/mol. The van der Waals surface area contributed by atoms with Gasteiger partial charge in [-0.1, -0.05) is 36.4 Å². The molecule has 1 saturated carbocycles. The maximum absolute atomic E-state index is 12.1. The third kappa shape index (κ3) is 4.40. The topological polar surface area (TPSA) is 66.4 Å². The molecule has 0 aromatic carbocycles. The average molecular weight is 367 g/mol. The highest BCUT2D eigenvalue weighted by Gasteiger charge is 2.36. The number of carboxylic acids is 1. The smallest absolute Gasteiger partial charge is 0.322 e. The molecule has 0 bridgehead atoms. The summed E-state index contributed by atoms with van der Waals surface area (Å²) in [5.74, 6) is 0.500. The Morgan fingerprint density at radius 1 is 1.44 bits per heavy atom. The molecule has 4 nitrogen and oxygen atoms in total.